The number of likely N-dealkylation sites (tertiary alicyclic amines) is 1. The first-order valence-corrected chi connectivity index (χ1v) is 17.4. The Morgan fingerprint density at radius 3 is 2.08 bits per heavy atom. The van der Waals surface area contributed by atoms with E-state index in [1.165, 1.54) is 4.90 Å². The molecule has 2 fully saturated rings. The van der Waals surface area contributed by atoms with Gasteiger partial charge < -0.3 is 34.2 Å². The lowest BCUT2D eigenvalue weighted by Crippen LogP contribution is -2.55. The predicted molar refractivity (Wildman–Crippen MR) is 187 cm³/mol. The van der Waals surface area contributed by atoms with Crippen molar-refractivity contribution in [2.45, 2.75) is 161 Å². The van der Waals surface area contributed by atoms with Crippen LogP contribution < -0.4 is 10.6 Å². The van der Waals surface area contributed by atoms with E-state index >= 15 is 0 Å². The molecule has 0 aromatic heterocycles. The highest BCUT2D eigenvalue weighted by molar-refractivity contribution is 6.45. The van der Waals surface area contributed by atoms with E-state index in [0.29, 0.717) is 25.6 Å². The highest BCUT2D eigenvalue weighted by Crippen LogP contribution is 2.40. The third kappa shape index (κ3) is 11.1. The van der Waals surface area contributed by atoms with Crippen molar-refractivity contribution in [3.63, 3.8) is 0 Å². The average molecular weight is 688 g/mol. The number of esters is 1. The lowest BCUT2D eigenvalue weighted by molar-refractivity contribution is -0.158. The molecule has 3 rings (SSSR count). The molecule has 3 amide bonds. The Morgan fingerprint density at radius 1 is 0.939 bits per heavy atom. The first-order valence-electron chi connectivity index (χ1n) is 17.4. The van der Waals surface area contributed by atoms with Crippen molar-refractivity contribution in [3.05, 3.63) is 35.9 Å². The minimum absolute atomic E-state index is 0.0151. The summed E-state index contributed by atoms with van der Waals surface area (Å²) in [5.41, 5.74) is -3.11. The number of alkyl carbamates (subject to hydrolysis) is 1. The normalized spacial score (nSPS) is 22.3. The van der Waals surface area contributed by atoms with E-state index in [-0.39, 0.29) is 26.0 Å². The minimum atomic E-state index is -1.43. The largest absolute Gasteiger partial charge is 0.459 e. The highest BCUT2D eigenvalue weighted by atomic mass is 16.7. The number of nitrogens with one attached hydrogen (secondary N) is 2. The van der Waals surface area contributed by atoms with Gasteiger partial charge in [0.2, 0.25) is 5.91 Å². The van der Waals surface area contributed by atoms with Gasteiger partial charge in [0, 0.05) is 19.0 Å². The molecule has 2 saturated heterocycles. The molecule has 2 N–H and O–H groups in total. The van der Waals surface area contributed by atoms with E-state index in [0.717, 1.165) is 5.56 Å². The van der Waals surface area contributed by atoms with Gasteiger partial charge in [-0.2, -0.15) is 0 Å². The molecule has 1 aromatic rings. The zero-order valence-electron chi connectivity index (χ0n) is 31.4. The Morgan fingerprint density at radius 2 is 1.53 bits per heavy atom. The summed E-state index contributed by atoms with van der Waals surface area (Å²) in [6.45, 7) is 20.3. The van der Waals surface area contributed by atoms with E-state index in [9.17, 15) is 19.2 Å². The van der Waals surface area contributed by atoms with Crippen molar-refractivity contribution in [2.75, 3.05) is 6.54 Å². The van der Waals surface area contributed by atoms with Crippen LogP contribution in [0.3, 0.4) is 0 Å². The van der Waals surface area contributed by atoms with Gasteiger partial charge in [0.05, 0.1) is 11.2 Å². The number of carbonyl (C=O) groups excluding carboxylic acids is 4. The third-order valence-corrected chi connectivity index (χ3v) is 9.05. The first kappa shape index (κ1) is 40.1. The number of ether oxygens (including phenoxy) is 3. The summed E-state index contributed by atoms with van der Waals surface area (Å²) < 4.78 is 29.4. The van der Waals surface area contributed by atoms with Crippen LogP contribution in [0, 0.1) is 0 Å². The minimum Gasteiger partial charge on any atom is -0.459 e. The molecule has 0 aliphatic carbocycles. The molecule has 0 saturated carbocycles. The second kappa shape index (κ2) is 15.7. The molecule has 2 heterocycles. The number of hydrogen-bond acceptors (Lipinski definition) is 9. The fraction of sp³-hybridized carbons (Fsp3) is 0.722. The lowest BCUT2D eigenvalue weighted by Gasteiger charge is -2.37. The van der Waals surface area contributed by atoms with Crippen LogP contribution in [0.15, 0.2) is 30.3 Å². The SMILES string of the molecule is CC[C@H](NC(=O)OC(C)(C)C)C(=O)N[C@H]1CN(C(=O)OC(C)(C)C)[C@@](CCCCB2OC(C)(C)C(C)(C)O2)(C(=O)OCc2ccccc2)C1. The van der Waals surface area contributed by atoms with E-state index in [4.69, 9.17) is 23.5 Å². The van der Waals surface area contributed by atoms with Crippen LogP contribution in [0.1, 0.15) is 114 Å². The highest BCUT2D eigenvalue weighted by Gasteiger charge is 2.56. The molecule has 3 atom stereocenters. The quantitative estimate of drug-likeness (QED) is 0.114. The van der Waals surface area contributed by atoms with Crippen LogP contribution in [0.25, 0.3) is 0 Å². The number of hydrogen-bond donors (Lipinski definition) is 2. The van der Waals surface area contributed by atoms with Crippen molar-refractivity contribution >= 4 is 31.2 Å². The standard InChI is InChI=1S/C36H58BN3O9/c1-12-27(39-30(43)46-32(2,3)4)28(41)38-26-22-36(40(23-26)31(44)47-33(5,6)7,29(42)45-24-25-18-14-13-15-19-25)20-16-17-21-37-48-34(8,9)35(10,11)49-37/h13-15,18-19,26-27H,12,16-17,20-24H2,1-11H3,(H,38,41)(H,39,43)/t26-,27+,36-/m1/s1. The van der Waals surface area contributed by atoms with Gasteiger partial charge in [-0.15, -0.1) is 0 Å². The summed E-state index contributed by atoms with van der Waals surface area (Å²) in [4.78, 5) is 55.4. The molecular weight excluding hydrogens is 629 g/mol. The maximum atomic E-state index is 14.2. The number of carbonyl (C=O) groups is 4. The number of unbranched alkanes of at least 4 members (excludes halogenated alkanes) is 1. The molecule has 0 unspecified atom stereocenters. The van der Waals surface area contributed by atoms with Crippen LogP contribution in [0.4, 0.5) is 9.59 Å². The second-order valence-electron chi connectivity index (χ2n) is 16.1. The number of benzene rings is 1. The van der Waals surface area contributed by atoms with Gasteiger partial charge in [-0.1, -0.05) is 50.1 Å². The summed E-state index contributed by atoms with van der Waals surface area (Å²) in [5, 5.41) is 5.61. The van der Waals surface area contributed by atoms with Gasteiger partial charge >= 0.3 is 25.3 Å². The molecule has 0 bridgehead atoms. The van der Waals surface area contributed by atoms with E-state index in [1.54, 1.807) is 48.5 Å². The Balaban J connectivity index is 1.85. The summed E-state index contributed by atoms with van der Waals surface area (Å²) in [5.74, 6) is -1.02. The van der Waals surface area contributed by atoms with Crippen LogP contribution in [-0.2, 0) is 39.7 Å². The zero-order valence-corrected chi connectivity index (χ0v) is 31.4. The summed E-state index contributed by atoms with van der Waals surface area (Å²) in [7, 11) is -0.396. The Kier molecular flexibility index (Phi) is 12.9. The van der Waals surface area contributed by atoms with Gasteiger partial charge in [-0.3, -0.25) is 9.69 Å². The topological polar surface area (TPSA) is 142 Å². The van der Waals surface area contributed by atoms with Crippen LogP contribution in [-0.4, -0.2) is 82.7 Å². The maximum absolute atomic E-state index is 14.2. The molecule has 1 aromatic carbocycles. The first-order chi connectivity index (χ1) is 22.6. The summed E-state index contributed by atoms with van der Waals surface area (Å²) in [6.07, 6.45) is 1.08. The van der Waals surface area contributed by atoms with Crippen LogP contribution >= 0.6 is 0 Å². The molecule has 13 heteroatoms. The summed E-state index contributed by atoms with van der Waals surface area (Å²) in [6, 6.07) is 7.80. The van der Waals surface area contributed by atoms with Gasteiger partial charge in [-0.05, 0) is 94.0 Å². The van der Waals surface area contributed by atoms with Crippen molar-refractivity contribution in [3.8, 4) is 0 Å². The smallest absolute Gasteiger partial charge is 0.457 e. The monoisotopic (exact) mass is 687 g/mol. The lowest BCUT2D eigenvalue weighted by atomic mass is 9.80. The average Bonchev–Trinajstić information content (AvgIpc) is 3.44. The molecule has 49 heavy (non-hydrogen) atoms. The molecule has 2 aliphatic heterocycles. The fourth-order valence-corrected chi connectivity index (χ4v) is 5.95. The van der Waals surface area contributed by atoms with Crippen molar-refractivity contribution < 1.29 is 42.7 Å². The fourth-order valence-electron chi connectivity index (χ4n) is 5.95. The molecule has 0 spiro atoms. The molecule has 12 nitrogen and oxygen atoms in total. The zero-order chi connectivity index (χ0) is 36.8. The van der Waals surface area contributed by atoms with E-state index < -0.39 is 71.2 Å². The molecule has 0 radical (unpaired) electrons. The molecule has 274 valence electrons. The van der Waals surface area contributed by atoms with E-state index in [2.05, 4.69) is 10.6 Å². The van der Waals surface area contributed by atoms with Gasteiger partial charge in [-0.25, -0.2) is 14.4 Å². The molecule has 2 aliphatic rings. The van der Waals surface area contributed by atoms with Crippen LogP contribution in [0.5, 0.6) is 0 Å². The van der Waals surface area contributed by atoms with Crippen LogP contribution in [0.2, 0.25) is 6.32 Å². The van der Waals surface area contributed by atoms with Crippen molar-refractivity contribution in [2.24, 2.45) is 0 Å². The Bertz CT molecular complexity index is 1290. The van der Waals surface area contributed by atoms with E-state index in [1.807, 2.05) is 58.0 Å². The Hall–Kier alpha value is -3.32. The van der Waals surface area contributed by atoms with Gasteiger partial charge in [0.25, 0.3) is 0 Å². The number of amides is 3. The van der Waals surface area contributed by atoms with Gasteiger partial charge in [0.15, 0.2) is 0 Å². The predicted octanol–water partition coefficient (Wildman–Crippen LogP) is 6.16. The third-order valence-electron chi connectivity index (χ3n) is 9.05. The maximum Gasteiger partial charge on any atom is 0.457 e. The Labute approximate surface area is 292 Å². The number of rotatable bonds is 12. The van der Waals surface area contributed by atoms with Crippen molar-refractivity contribution in [1.29, 1.82) is 0 Å². The van der Waals surface area contributed by atoms with Crippen molar-refractivity contribution in [1.82, 2.24) is 15.5 Å². The van der Waals surface area contributed by atoms with Gasteiger partial charge in [0.1, 0.15) is 29.4 Å². The number of nitrogens with zero attached hydrogens (tertiary/aromatic N) is 1. The molecular formula is C36H58BN3O9. The summed E-state index contributed by atoms with van der Waals surface area (Å²) >= 11 is 0. The second-order valence-corrected chi connectivity index (χ2v) is 16.1.